The van der Waals surface area contributed by atoms with Crippen molar-refractivity contribution < 1.29 is 0 Å². The first-order valence-electron chi connectivity index (χ1n) is 5.86. The first-order valence-corrected chi connectivity index (χ1v) is 5.86. The maximum atomic E-state index is 8.66. The second-order valence-electron chi connectivity index (χ2n) is 4.27. The SMILES string of the molecule is N#CCCN(Cc1cccnc1NN)C1CC1. The van der Waals surface area contributed by atoms with E-state index >= 15 is 0 Å². The minimum absolute atomic E-state index is 0.572. The molecule has 5 nitrogen and oxygen atoms in total. The molecule has 1 aromatic rings. The molecule has 1 aromatic heterocycles. The molecule has 0 spiro atoms. The summed E-state index contributed by atoms with van der Waals surface area (Å²) in [6.07, 6.45) is 4.76. The zero-order valence-electron chi connectivity index (χ0n) is 9.76. The Labute approximate surface area is 101 Å². The van der Waals surface area contributed by atoms with E-state index < -0.39 is 0 Å². The van der Waals surface area contributed by atoms with Crippen LogP contribution in [0.15, 0.2) is 18.3 Å². The molecule has 1 aliphatic carbocycles. The van der Waals surface area contributed by atoms with Crippen molar-refractivity contribution in [3.05, 3.63) is 23.9 Å². The topological polar surface area (TPSA) is 78.0 Å². The van der Waals surface area contributed by atoms with Crippen LogP contribution in [0.25, 0.3) is 0 Å². The molecular formula is C12H17N5. The Bertz CT molecular complexity index is 408. The van der Waals surface area contributed by atoms with E-state index in [0.717, 1.165) is 24.5 Å². The normalized spacial score (nSPS) is 14.6. The summed E-state index contributed by atoms with van der Waals surface area (Å²) in [5.74, 6) is 6.15. The fourth-order valence-electron chi connectivity index (χ4n) is 1.94. The number of anilines is 1. The van der Waals surface area contributed by atoms with Crippen molar-refractivity contribution in [3.8, 4) is 6.07 Å². The second-order valence-corrected chi connectivity index (χ2v) is 4.27. The summed E-state index contributed by atoms with van der Waals surface area (Å²) < 4.78 is 0. The summed E-state index contributed by atoms with van der Waals surface area (Å²) in [5, 5.41) is 8.66. The van der Waals surface area contributed by atoms with Crippen molar-refractivity contribution in [2.45, 2.75) is 31.8 Å². The average molecular weight is 231 g/mol. The number of nitriles is 1. The highest BCUT2D eigenvalue weighted by Crippen LogP contribution is 2.29. The first kappa shape index (κ1) is 11.8. The number of hydrogen-bond acceptors (Lipinski definition) is 5. The van der Waals surface area contributed by atoms with Gasteiger partial charge in [0.2, 0.25) is 0 Å². The summed E-state index contributed by atoms with van der Waals surface area (Å²) in [6, 6.07) is 6.76. The molecule has 0 bridgehead atoms. The zero-order chi connectivity index (χ0) is 12.1. The number of aromatic nitrogens is 1. The molecule has 5 heteroatoms. The quantitative estimate of drug-likeness (QED) is 0.569. The van der Waals surface area contributed by atoms with E-state index in [-0.39, 0.29) is 0 Å². The Morgan fingerprint density at radius 1 is 1.59 bits per heavy atom. The van der Waals surface area contributed by atoms with E-state index in [4.69, 9.17) is 11.1 Å². The van der Waals surface area contributed by atoms with Crippen LogP contribution in [0.2, 0.25) is 0 Å². The lowest BCUT2D eigenvalue weighted by Crippen LogP contribution is -2.27. The number of nitrogens with one attached hydrogen (secondary N) is 1. The van der Waals surface area contributed by atoms with Crippen LogP contribution in [0, 0.1) is 11.3 Å². The average Bonchev–Trinajstić information content (AvgIpc) is 3.19. The monoisotopic (exact) mass is 231 g/mol. The molecule has 90 valence electrons. The van der Waals surface area contributed by atoms with Crippen LogP contribution >= 0.6 is 0 Å². The van der Waals surface area contributed by atoms with Crippen LogP contribution in [0.5, 0.6) is 0 Å². The van der Waals surface area contributed by atoms with E-state index in [1.807, 2.05) is 12.1 Å². The van der Waals surface area contributed by atoms with Crippen LogP contribution in [-0.4, -0.2) is 22.5 Å². The molecule has 1 saturated carbocycles. The van der Waals surface area contributed by atoms with Gasteiger partial charge < -0.3 is 5.43 Å². The standard InChI is InChI=1S/C12H17N5/c13-6-2-8-17(11-4-5-11)9-10-3-1-7-15-12(10)16-14/h1,3,7,11H,2,4-5,8-9,14H2,(H,15,16). The molecule has 0 unspecified atom stereocenters. The van der Waals surface area contributed by atoms with E-state index in [1.54, 1.807) is 6.20 Å². The molecule has 0 atom stereocenters. The van der Waals surface area contributed by atoms with Crippen molar-refractivity contribution in [3.63, 3.8) is 0 Å². The number of rotatable bonds is 6. The van der Waals surface area contributed by atoms with Crippen molar-refractivity contribution in [2.75, 3.05) is 12.0 Å². The molecule has 0 aromatic carbocycles. The molecule has 0 amide bonds. The maximum Gasteiger partial charge on any atom is 0.144 e. The smallest absolute Gasteiger partial charge is 0.144 e. The number of nitrogen functional groups attached to an aromatic ring is 1. The molecule has 1 aliphatic rings. The van der Waals surface area contributed by atoms with Gasteiger partial charge in [0.15, 0.2) is 0 Å². The van der Waals surface area contributed by atoms with Crippen molar-refractivity contribution in [1.82, 2.24) is 9.88 Å². The van der Waals surface area contributed by atoms with Crippen LogP contribution in [0.4, 0.5) is 5.82 Å². The Hall–Kier alpha value is -1.64. The van der Waals surface area contributed by atoms with E-state index in [2.05, 4.69) is 21.4 Å². The zero-order valence-corrected chi connectivity index (χ0v) is 9.76. The lowest BCUT2D eigenvalue weighted by atomic mass is 10.2. The number of pyridine rings is 1. The van der Waals surface area contributed by atoms with E-state index in [9.17, 15) is 0 Å². The third-order valence-electron chi connectivity index (χ3n) is 2.98. The van der Waals surface area contributed by atoms with Gasteiger partial charge >= 0.3 is 0 Å². The van der Waals surface area contributed by atoms with Gasteiger partial charge in [-0.15, -0.1) is 0 Å². The summed E-state index contributed by atoms with van der Waals surface area (Å²) in [7, 11) is 0. The van der Waals surface area contributed by atoms with Gasteiger partial charge in [0.1, 0.15) is 5.82 Å². The van der Waals surface area contributed by atoms with Gasteiger partial charge in [0.05, 0.1) is 6.07 Å². The van der Waals surface area contributed by atoms with Crippen molar-refractivity contribution >= 4 is 5.82 Å². The molecule has 3 N–H and O–H groups in total. The minimum atomic E-state index is 0.572. The first-order chi connectivity index (χ1) is 8.35. The van der Waals surface area contributed by atoms with Gasteiger partial charge in [0, 0.05) is 37.3 Å². The Kier molecular flexibility index (Phi) is 3.91. The summed E-state index contributed by atoms with van der Waals surface area (Å²) in [5.41, 5.74) is 3.70. The second kappa shape index (κ2) is 5.62. The number of hydrazine groups is 1. The largest absolute Gasteiger partial charge is 0.308 e. The third-order valence-corrected chi connectivity index (χ3v) is 2.98. The Morgan fingerprint density at radius 3 is 3.06 bits per heavy atom. The molecule has 1 heterocycles. The lowest BCUT2D eigenvalue weighted by molar-refractivity contribution is 0.261. The van der Waals surface area contributed by atoms with Gasteiger partial charge in [-0.05, 0) is 18.9 Å². The summed E-state index contributed by atoms with van der Waals surface area (Å²) >= 11 is 0. The maximum absolute atomic E-state index is 8.66. The molecule has 2 rings (SSSR count). The van der Waals surface area contributed by atoms with Gasteiger partial charge in [-0.25, -0.2) is 10.8 Å². The van der Waals surface area contributed by atoms with Crippen LogP contribution in [0.1, 0.15) is 24.8 Å². The third kappa shape index (κ3) is 3.16. The summed E-state index contributed by atoms with van der Waals surface area (Å²) in [6.45, 7) is 1.62. The highest BCUT2D eigenvalue weighted by Gasteiger charge is 2.28. The van der Waals surface area contributed by atoms with Gasteiger partial charge in [-0.2, -0.15) is 5.26 Å². The number of hydrogen-bond donors (Lipinski definition) is 2. The van der Waals surface area contributed by atoms with Crippen molar-refractivity contribution in [1.29, 1.82) is 5.26 Å². The molecular weight excluding hydrogens is 214 g/mol. The highest BCUT2D eigenvalue weighted by atomic mass is 15.3. The van der Waals surface area contributed by atoms with E-state index in [1.165, 1.54) is 12.8 Å². The highest BCUT2D eigenvalue weighted by molar-refractivity contribution is 5.42. The Morgan fingerprint density at radius 2 is 2.41 bits per heavy atom. The van der Waals surface area contributed by atoms with Gasteiger partial charge in [-0.3, -0.25) is 4.90 Å². The minimum Gasteiger partial charge on any atom is -0.308 e. The van der Waals surface area contributed by atoms with Crippen molar-refractivity contribution in [2.24, 2.45) is 5.84 Å². The summed E-state index contributed by atoms with van der Waals surface area (Å²) in [4.78, 5) is 6.52. The van der Waals surface area contributed by atoms with Crippen LogP contribution < -0.4 is 11.3 Å². The van der Waals surface area contributed by atoms with E-state index in [0.29, 0.717) is 12.5 Å². The predicted octanol–water partition coefficient (Wildman–Crippen LogP) is 1.25. The molecule has 0 aliphatic heterocycles. The fourth-order valence-corrected chi connectivity index (χ4v) is 1.94. The number of nitrogens with two attached hydrogens (primary N) is 1. The molecule has 17 heavy (non-hydrogen) atoms. The number of nitrogens with zero attached hydrogens (tertiary/aromatic N) is 3. The molecule has 0 saturated heterocycles. The van der Waals surface area contributed by atoms with Crippen LogP contribution in [0.3, 0.4) is 0 Å². The Balaban J connectivity index is 2.03. The van der Waals surface area contributed by atoms with Gasteiger partial charge in [0.25, 0.3) is 0 Å². The predicted molar refractivity (Wildman–Crippen MR) is 65.7 cm³/mol. The van der Waals surface area contributed by atoms with Crippen LogP contribution in [-0.2, 0) is 6.54 Å². The lowest BCUT2D eigenvalue weighted by Gasteiger charge is -2.21. The molecule has 1 fully saturated rings. The van der Waals surface area contributed by atoms with Gasteiger partial charge in [-0.1, -0.05) is 6.07 Å². The fraction of sp³-hybridized carbons (Fsp3) is 0.500. The molecule has 0 radical (unpaired) electrons.